The Hall–Kier alpha value is 0.137. The molecule has 0 bridgehead atoms. The molecule has 0 aromatic rings. The highest BCUT2D eigenvalue weighted by Gasteiger charge is 1.67. The Kier molecular flexibility index (Phi) is 14.1. The van der Waals surface area contributed by atoms with Gasteiger partial charge in [-0.05, 0) is 11.0 Å². The van der Waals surface area contributed by atoms with Crippen LogP contribution in [0.2, 0.25) is 0 Å². The van der Waals surface area contributed by atoms with Crippen molar-refractivity contribution in [3.8, 4) is 0 Å². The van der Waals surface area contributed by atoms with Gasteiger partial charge in [-0.1, -0.05) is 0 Å². The van der Waals surface area contributed by atoms with E-state index in [1.807, 2.05) is 0 Å². The Labute approximate surface area is 42.2 Å². The van der Waals surface area contributed by atoms with Crippen molar-refractivity contribution in [1.82, 2.24) is 0 Å². The quantitative estimate of drug-likeness (QED) is 0.428. The molecule has 3 heteroatoms. The van der Waals surface area contributed by atoms with Crippen molar-refractivity contribution in [2.45, 2.75) is 0 Å². The van der Waals surface area contributed by atoms with Crippen molar-refractivity contribution in [3.63, 3.8) is 0 Å². The van der Waals surface area contributed by atoms with E-state index >= 15 is 0 Å². The second kappa shape index (κ2) is 8.93. The number of aliphatic hydroxyl groups excluding tert-OH is 1. The maximum atomic E-state index is 7.90. The van der Waals surface area contributed by atoms with Crippen LogP contribution in [0.25, 0.3) is 0 Å². The molecule has 39 valence electrons. The lowest BCUT2D eigenvalue weighted by atomic mass is 10.8. The molecule has 0 aromatic carbocycles. The lowest BCUT2D eigenvalue weighted by Crippen LogP contribution is -1.89. The zero-order valence-corrected chi connectivity index (χ0v) is 2.98. The van der Waals surface area contributed by atoms with Gasteiger partial charge in [-0.2, -0.15) is 0 Å². The van der Waals surface area contributed by atoms with Crippen molar-refractivity contribution in [1.29, 1.82) is 0 Å². The molecule has 0 aliphatic heterocycles. The Balaban J connectivity index is 0. The highest BCUT2D eigenvalue weighted by Crippen LogP contribution is 1.59. The molecule has 0 fully saturated rings. The topological polar surface area (TPSA) is 29.5 Å². The van der Waals surface area contributed by atoms with Crippen LogP contribution in [0.15, 0.2) is 0 Å². The van der Waals surface area contributed by atoms with E-state index in [9.17, 15) is 0 Å². The average Bonchev–Trinajstić information content (AvgIpc) is 1.41. The van der Waals surface area contributed by atoms with Crippen LogP contribution in [0.4, 0.5) is 0 Å². The van der Waals surface area contributed by atoms with Gasteiger partial charge in [0.1, 0.15) is 0 Å². The third-order valence-corrected chi connectivity index (χ3v) is 0.236. The van der Waals surface area contributed by atoms with Crippen LogP contribution in [-0.4, -0.2) is 29.3 Å². The molecular weight excluding hydrogens is 96.1 g/mol. The molecule has 2 nitrogen and oxygen atoms in total. The van der Waals surface area contributed by atoms with Crippen LogP contribution >= 0.6 is 0 Å². The fourth-order valence-electron chi connectivity index (χ4n) is 0.0645. The minimum absolute atomic E-state index is 0. The van der Waals surface area contributed by atoms with E-state index in [0.29, 0.717) is 6.61 Å². The molecule has 0 saturated carbocycles. The number of ether oxygens (including phenoxy) is 1. The van der Waals surface area contributed by atoms with Gasteiger partial charge in [-0.3, -0.25) is 0 Å². The fourth-order valence-corrected chi connectivity index (χ4v) is 0.0645. The van der Waals surface area contributed by atoms with Crippen molar-refractivity contribution in [2.24, 2.45) is 0 Å². The van der Waals surface area contributed by atoms with E-state index in [1.165, 1.54) is 0 Å². The van der Waals surface area contributed by atoms with E-state index < -0.39 is 0 Å². The van der Waals surface area contributed by atoms with Gasteiger partial charge in [0.05, 0.1) is 20.3 Å². The van der Waals surface area contributed by atoms with Crippen LogP contribution in [0.1, 0.15) is 0 Å². The molecule has 0 unspecified atom stereocenters. The second-order valence-corrected chi connectivity index (χ2v) is 0.632. The third-order valence-electron chi connectivity index (χ3n) is 0.236. The summed E-state index contributed by atoms with van der Waals surface area (Å²) in [6.07, 6.45) is 0. The molecule has 0 spiro atoms. The SMILES string of the molecule is [CH2]OCCO.[SiH4]. The van der Waals surface area contributed by atoms with Gasteiger partial charge in [0.25, 0.3) is 0 Å². The van der Waals surface area contributed by atoms with Gasteiger partial charge in [-0.15, -0.1) is 0 Å². The zero-order chi connectivity index (χ0) is 4.12. The first kappa shape index (κ1) is 9.46. The van der Waals surface area contributed by atoms with Crippen LogP contribution in [0.3, 0.4) is 0 Å². The molecule has 0 heterocycles. The standard InChI is InChI=1S/C3H7O2.H4Si/c1-5-3-2-4;/h4H,1-3H2;1H4. The summed E-state index contributed by atoms with van der Waals surface area (Å²) >= 11 is 0. The van der Waals surface area contributed by atoms with Crippen molar-refractivity contribution >= 4 is 11.0 Å². The summed E-state index contributed by atoms with van der Waals surface area (Å²) in [7, 11) is 3.02. The maximum Gasteiger partial charge on any atom is 0.0701 e. The van der Waals surface area contributed by atoms with Gasteiger partial charge in [0.15, 0.2) is 0 Å². The predicted octanol–water partition coefficient (Wildman–Crippen LogP) is -1.66. The number of hydrogen-bond donors (Lipinski definition) is 1. The van der Waals surface area contributed by atoms with Crippen LogP contribution in [0.5, 0.6) is 0 Å². The molecule has 0 saturated heterocycles. The Morgan fingerprint density at radius 2 is 2.17 bits per heavy atom. The van der Waals surface area contributed by atoms with Crippen molar-refractivity contribution in [3.05, 3.63) is 7.11 Å². The lowest BCUT2D eigenvalue weighted by Gasteiger charge is -1.83. The summed E-state index contributed by atoms with van der Waals surface area (Å²) in [5, 5.41) is 7.90. The van der Waals surface area contributed by atoms with Crippen LogP contribution < -0.4 is 0 Å². The lowest BCUT2D eigenvalue weighted by molar-refractivity contribution is 0.162. The predicted molar refractivity (Wildman–Crippen MR) is 29.7 cm³/mol. The Morgan fingerprint density at radius 3 is 2.17 bits per heavy atom. The largest absolute Gasteiger partial charge is 0.394 e. The third kappa shape index (κ3) is 8.91. The molecule has 0 aliphatic rings. The number of hydrogen-bond acceptors (Lipinski definition) is 2. The van der Waals surface area contributed by atoms with E-state index in [1.54, 1.807) is 0 Å². The zero-order valence-electron chi connectivity index (χ0n) is 2.98. The van der Waals surface area contributed by atoms with E-state index in [-0.39, 0.29) is 17.6 Å². The summed E-state index contributed by atoms with van der Waals surface area (Å²) in [6.45, 7) is 0.392. The normalized spacial score (nSPS) is 7.00. The van der Waals surface area contributed by atoms with Gasteiger partial charge >= 0.3 is 0 Å². The summed E-state index contributed by atoms with van der Waals surface area (Å²) in [5.74, 6) is 0. The molecule has 6 heavy (non-hydrogen) atoms. The summed E-state index contributed by atoms with van der Waals surface area (Å²) in [5.41, 5.74) is 0. The number of rotatable bonds is 2. The molecule has 0 aromatic heterocycles. The minimum Gasteiger partial charge on any atom is -0.394 e. The first-order valence-corrected chi connectivity index (χ1v) is 1.39. The number of aliphatic hydroxyl groups is 1. The first-order chi connectivity index (χ1) is 2.41. The molecule has 1 N–H and O–H groups in total. The Bertz CT molecular complexity index is 16.3. The van der Waals surface area contributed by atoms with E-state index in [0.717, 1.165) is 0 Å². The minimum atomic E-state index is 0. The van der Waals surface area contributed by atoms with Gasteiger partial charge in [0.2, 0.25) is 0 Å². The van der Waals surface area contributed by atoms with Crippen LogP contribution in [-0.2, 0) is 4.74 Å². The Morgan fingerprint density at radius 1 is 1.67 bits per heavy atom. The van der Waals surface area contributed by atoms with E-state index in [4.69, 9.17) is 5.11 Å². The summed E-state index contributed by atoms with van der Waals surface area (Å²) in [6, 6.07) is 0. The maximum absolute atomic E-state index is 7.90. The smallest absolute Gasteiger partial charge is 0.0701 e. The van der Waals surface area contributed by atoms with Crippen molar-refractivity contribution in [2.75, 3.05) is 13.2 Å². The summed E-state index contributed by atoms with van der Waals surface area (Å²) in [4.78, 5) is 0. The molecule has 0 amide bonds. The van der Waals surface area contributed by atoms with Gasteiger partial charge in [-0.25, -0.2) is 0 Å². The first-order valence-electron chi connectivity index (χ1n) is 1.39. The molecular formula is C3H11O2Si. The monoisotopic (exact) mass is 107 g/mol. The molecule has 0 aliphatic carbocycles. The highest BCUT2D eigenvalue weighted by atomic mass is 28.1. The molecule has 1 radical (unpaired) electrons. The fraction of sp³-hybridized carbons (Fsp3) is 0.667. The van der Waals surface area contributed by atoms with Crippen molar-refractivity contribution < 1.29 is 9.84 Å². The highest BCUT2D eigenvalue weighted by molar-refractivity contribution is 5.75. The second-order valence-electron chi connectivity index (χ2n) is 0.632. The van der Waals surface area contributed by atoms with E-state index in [2.05, 4.69) is 11.8 Å². The molecule has 0 rings (SSSR count). The van der Waals surface area contributed by atoms with Gasteiger partial charge in [0, 0.05) is 0 Å². The van der Waals surface area contributed by atoms with Gasteiger partial charge < -0.3 is 9.84 Å². The average molecular weight is 107 g/mol. The van der Waals surface area contributed by atoms with Crippen LogP contribution in [0, 0.1) is 7.11 Å². The molecule has 0 atom stereocenters. The summed E-state index contributed by atoms with van der Waals surface area (Å²) < 4.78 is 4.19.